The second-order valence-corrected chi connectivity index (χ2v) is 13.0. The molecule has 9 heteroatoms. The van der Waals surface area contributed by atoms with Crippen LogP contribution in [0.2, 0.25) is 0 Å². The Kier molecular flexibility index (Phi) is 5.73. The Labute approximate surface area is 188 Å². The van der Waals surface area contributed by atoms with Crippen LogP contribution in [0.5, 0.6) is 0 Å². The molecular formula is C22H32N4O3S2. The van der Waals surface area contributed by atoms with E-state index in [-0.39, 0.29) is 10.9 Å². The Morgan fingerprint density at radius 1 is 1.39 bits per heavy atom. The molecule has 0 aromatic carbocycles. The van der Waals surface area contributed by atoms with Crippen LogP contribution in [0.1, 0.15) is 60.5 Å². The van der Waals surface area contributed by atoms with Crippen molar-refractivity contribution in [3.8, 4) is 0 Å². The number of rotatable bonds is 5. The zero-order valence-corrected chi connectivity index (χ0v) is 20.1. The molecule has 3 atom stereocenters. The zero-order chi connectivity index (χ0) is 21.6. The van der Waals surface area contributed by atoms with Gasteiger partial charge in [-0.3, -0.25) is 9.58 Å². The Hall–Kier alpha value is -1.29. The molecule has 5 rings (SSSR count). The second-order valence-electron chi connectivity index (χ2n) is 9.33. The molecule has 0 bridgehead atoms. The molecule has 0 aliphatic carbocycles. The van der Waals surface area contributed by atoms with Gasteiger partial charge in [0.15, 0.2) is 9.84 Å². The van der Waals surface area contributed by atoms with Gasteiger partial charge in [-0.25, -0.2) is 8.42 Å². The number of aryl methyl sites for hydroxylation is 1. The van der Waals surface area contributed by atoms with Crippen LogP contribution in [0.3, 0.4) is 0 Å². The molecular weight excluding hydrogens is 432 g/mol. The van der Waals surface area contributed by atoms with E-state index in [9.17, 15) is 8.42 Å². The van der Waals surface area contributed by atoms with Crippen molar-refractivity contribution in [2.45, 2.75) is 82.4 Å². The number of likely N-dealkylation sites (tertiary alicyclic amines) is 1. The summed E-state index contributed by atoms with van der Waals surface area (Å²) in [5, 5.41) is 8.24. The molecule has 3 aliphatic rings. The molecule has 0 amide bonds. The molecule has 31 heavy (non-hydrogen) atoms. The van der Waals surface area contributed by atoms with Crippen molar-refractivity contribution in [2.75, 3.05) is 18.9 Å². The molecule has 170 valence electrons. The van der Waals surface area contributed by atoms with Crippen LogP contribution >= 0.6 is 11.3 Å². The topological polar surface area (TPSA) is 77.3 Å². The van der Waals surface area contributed by atoms with Crippen molar-refractivity contribution >= 4 is 21.2 Å². The van der Waals surface area contributed by atoms with Crippen LogP contribution in [0.4, 0.5) is 0 Å². The average molecular weight is 465 g/mol. The maximum atomic E-state index is 12.1. The summed E-state index contributed by atoms with van der Waals surface area (Å²) in [6.07, 6.45) is 7.54. The zero-order valence-electron chi connectivity index (χ0n) is 18.4. The fraction of sp³-hybridized carbons (Fsp3) is 0.727. The highest BCUT2D eigenvalue weighted by Gasteiger charge is 2.44. The van der Waals surface area contributed by atoms with E-state index in [0.717, 1.165) is 63.9 Å². The highest BCUT2D eigenvalue weighted by molar-refractivity contribution is 7.92. The number of ether oxygens (including phenoxy) is 1. The van der Waals surface area contributed by atoms with E-state index in [4.69, 9.17) is 4.74 Å². The van der Waals surface area contributed by atoms with Crippen molar-refractivity contribution in [3.63, 3.8) is 0 Å². The van der Waals surface area contributed by atoms with Gasteiger partial charge >= 0.3 is 0 Å². The Bertz CT molecular complexity index is 1050. The summed E-state index contributed by atoms with van der Waals surface area (Å²) in [7, 11) is -2.96. The van der Waals surface area contributed by atoms with Gasteiger partial charge in [0.25, 0.3) is 0 Å². The van der Waals surface area contributed by atoms with Gasteiger partial charge in [-0.2, -0.15) is 0 Å². The molecule has 0 radical (unpaired) electrons. The van der Waals surface area contributed by atoms with E-state index in [1.54, 1.807) is 4.68 Å². The molecule has 5 heterocycles. The number of fused-ring (bicyclic) bond motifs is 2. The predicted octanol–water partition coefficient (Wildman–Crippen LogP) is 2.93. The Morgan fingerprint density at radius 3 is 3.00 bits per heavy atom. The number of hydrogen-bond acceptors (Lipinski definition) is 7. The summed E-state index contributed by atoms with van der Waals surface area (Å²) < 4.78 is 32.4. The van der Waals surface area contributed by atoms with Crippen molar-refractivity contribution in [3.05, 3.63) is 33.3 Å². The summed E-state index contributed by atoms with van der Waals surface area (Å²) in [4.78, 5) is 5.44. The number of nitrogens with zero attached hydrogens (tertiary/aromatic N) is 4. The summed E-state index contributed by atoms with van der Waals surface area (Å²) >= 11 is 1.97. The van der Waals surface area contributed by atoms with Crippen molar-refractivity contribution in [1.29, 1.82) is 0 Å². The van der Waals surface area contributed by atoms with Gasteiger partial charge in [-0.05, 0) is 50.7 Å². The quantitative estimate of drug-likeness (QED) is 0.677. The minimum atomic E-state index is -2.96. The minimum absolute atomic E-state index is 0.137. The SMILES string of the molecule is CCc1cc2c(s1)CCO[C@@]21CCN(Cc2cn(CC3CCCS3(=O)=O)nn2)[C@@H](C)C1. The number of sulfone groups is 1. The fourth-order valence-electron chi connectivity index (χ4n) is 5.49. The lowest BCUT2D eigenvalue weighted by atomic mass is 9.79. The molecule has 0 saturated carbocycles. The smallest absolute Gasteiger partial charge is 0.154 e. The van der Waals surface area contributed by atoms with Gasteiger partial charge in [0, 0.05) is 41.5 Å². The van der Waals surface area contributed by atoms with Crippen molar-refractivity contribution < 1.29 is 13.2 Å². The highest BCUT2D eigenvalue weighted by Crippen LogP contribution is 2.46. The lowest BCUT2D eigenvalue weighted by Gasteiger charge is -2.47. The third kappa shape index (κ3) is 4.10. The third-order valence-corrected chi connectivity index (χ3v) is 10.9. The van der Waals surface area contributed by atoms with Crippen LogP contribution in [0.25, 0.3) is 0 Å². The normalized spacial score (nSPS) is 30.6. The van der Waals surface area contributed by atoms with Crippen LogP contribution in [0, 0.1) is 0 Å². The maximum absolute atomic E-state index is 12.1. The maximum Gasteiger partial charge on any atom is 0.154 e. The first-order chi connectivity index (χ1) is 14.9. The van der Waals surface area contributed by atoms with Gasteiger partial charge in [0.2, 0.25) is 0 Å². The first-order valence-corrected chi connectivity index (χ1v) is 14.0. The predicted molar refractivity (Wildman–Crippen MR) is 121 cm³/mol. The number of hydrogen-bond donors (Lipinski definition) is 0. The minimum Gasteiger partial charge on any atom is -0.370 e. The average Bonchev–Trinajstić information content (AvgIpc) is 3.44. The molecule has 7 nitrogen and oxygen atoms in total. The molecule has 0 N–H and O–H groups in total. The van der Waals surface area contributed by atoms with Gasteiger partial charge in [0.1, 0.15) is 0 Å². The molecule has 1 spiro atoms. The molecule has 2 aromatic heterocycles. The summed E-state index contributed by atoms with van der Waals surface area (Å²) in [5.41, 5.74) is 2.21. The number of piperidine rings is 1. The monoisotopic (exact) mass is 464 g/mol. The standard InChI is InChI=1S/C22H32N4O3S2/c1-3-18-11-20-21(30-18)6-9-29-22(20)7-8-25(16(2)12-22)13-17-14-26(24-23-17)15-19-5-4-10-31(19,27)28/h11,14,16,19H,3-10,12-13,15H2,1-2H3/t16-,19?,22+/m0/s1. The molecule has 3 aliphatic heterocycles. The number of aromatic nitrogens is 3. The molecule has 2 fully saturated rings. The summed E-state index contributed by atoms with van der Waals surface area (Å²) in [6.45, 7) is 7.45. The molecule has 2 saturated heterocycles. The highest BCUT2D eigenvalue weighted by atomic mass is 32.2. The van der Waals surface area contributed by atoms with Crippen LogP contribution in [0.15, 0.2) is 12.3 Å². The second kappa shape index (κ2) is 8.24. The van der Waals surface area contributed by atoms with E-state index in [1.807, 2.05) is 17.5 Å². The summed E-state index contributed by atoms with van der Waals surface area (Å²) in [5.74, 6) is 0.305. The first-order valence-electron chi connectivity index (χ1n) is 11.5. The molecule has 1 unspecified atom stereocenters. The van der Waals surface area contributed by atoms with Gasteiger partial charge in [0.05, 0.1) is 35.4 Å². The van der Waals surface area contributed by atoms with Crippen LogP contribution < -0.4 is 0 Å². The Balaban J connectivity index is 1.25. The van der Waals surface area contributed by atoms with Gasteiger partial charge < -0.3 is 4.74 Å². The first kappa shape index (κ1) is 21.6. The van der Waals surface area contributed by atoms with E-state index in [2.05, 4.69) is 35.1 Å². The lowest BCUT2D eigenvalue weighted by molar-refractivity contribution is -0.112. The van der Waals surface area contributed by atoms with E-state index in [1.165, 1.54) is 15.3 Å². The Morgan fingerprint density at radius 2 is 2.26 bits per heavy atom. The molecule has 2 aromatic rings. The van der Waals surface area contributed by atoms with Crippen LogP contribution in [-0.2, 0) is 46.1 Å². The van der Waals surface area contributed by atoms with Crippen molar-refractivity contribution in [1.82, 2.24) is 19.9 Å². The van der Waals surface area contributed by atoms with E-state index >= 15 is 0 Å². The largest absolute Gasteiger partial charge is 0.370 e. The van der Waals surface area contributed by atoms with Crippen LogP contribution in [-0.4, -0.2) is 58.5 Å². The lowest BCUT2D eigenvalue weighted by Crippen LogP contribution is -2.50. The van der Waals surface area contributed by atoms with E-state index < -0.39 is 9.84 Å². The van der Waals surface area contributed by atoms with E-state index in [0.29, 0.717) is 18.3 Å². The van der Waals surface area contributed by atoms with Crippen molar-refractivity contribution in [2.24, 2.45) is 0 Å². The number of thiophene rings is 1. The van der Waals surface area contributed by atoms with Gasteiger partial charge in [-0.1, -0.05) is 12.1 Å². The fourth-order valence-corrected chi connectivity index (χ4v) is 8.48. The summed E-state index contributed by atoms with van der Waals surface area (Å²) in [6, 6.07) is 2.77. The van der Waals surface area contributed by atoms with Gasteiger partial charge in [-0.15, -0.1) is 16.4 Å². The third-order valence-electron chi connectivity index (χ3n) is 7.26.